The molecule has 2 aliphatic heterocycles. The number of aliphatic hydroxyl groups excluding tert-OH is 1. The summed E-state index contributed by atoms with van der Waals surface area (Å²) in [6.07, 6.45) is 5.60. The van der Waals surface area contributed by atoms with E-state index in [2.05, 4.69) is 10.1 Å². The second-order valence-corrected chi connectivity index (χ2v) is 11.5. The molecule has 1 spiro atoms. The number of rotatable bonds is 7. The minimum atomic E-state index is -1.03. The van der Waals surface area contributed by atoms with Crippen molar-refractivity contribution >= 4 is 17.7 Å². The van der Waals surface area contributed by atoms with Gasteiger partial charge in [-0.1, -0.05) is 44.2 Å². The molecule has 2 aliphatic carbocycles. The summed E-state index contributed by atoms with van der Waals surface area (Å²) in [5.74, 6) is -3.42. The molecular formula is C30H40N2O8. The van der Waals surface area contributed by atoms with Gasteiger partial charge in [0.05, 0.1) is 24.3 Å². The Kier molecular flexibility index (Phi) is 7.96. The number of aromatic amines is 1. The Bertz CT molecular complexity index is 1190. The second kappa shape index (κ2) is 11.1. The first-order valence-electron chi connectivity index (χ1n) is 14.2. The molecule has 1 aromatic heterocycles. The molecule has 10 nitrogen and oxygen atoms in total. The normalized spacial score (nSPS) is 42.1. The number of nitrogens with zero attached hydrogens (tertiary/aromatic N) is 1. The number of hydrogen-bond acceptors (Lipinski definition) is 9. The van der Waals surface area contributed by atoms with Gasteiger partial charge in [-0.25, -0.2) is 4.79 Å². The summed E-state index contributed by atoms with van der Waals surface area (Å²) in [6, 6.07) is 3.36. The summed E-state index contributed by atoms with van der Waals surface area (Å²) >= 11 is 0. The smallest absolute Gasteiger partial charge is 0.355 e. The van der Waals surface area contributed by atoms with Crippen LogP contribution in [-0.4, -0.2) is 76.7 Å². The SMILES string of the molecule is CCC(=NO)[C@H]1OC(=O)[C@H](CC)[C@H]2C=C[C@H]3[C@H]4O[C@]2(/C(C)=C/[C@H]1C)[C@@H]3[C@H](O)[C@@H](COC)[C@H]4OC(=O)c1ccc[nH]1. The van der Waals surface area contributed by atoms with Gasteiger partial charge in [0.25, 0.3) is 0 Å². The summed E-state index contributed by atoms with van der Waals surface area (Å²) in [5, 5.41) is 25.1. The summed E-state index contributed by atoms with van der Waals surface area (Å²) in [7, 11) is 1.56. The first-order chi connectivity index (χ1) is 19.2. The summed E-state index contributed by atoms with van der Waals surface area (Å²) in [6.45, 7) is 7.85. The zero-order chi connectivity index (χ0) is 28.8. The van der Waals surface area contributed by atoms with Crippen LogP contribution < -0.4 is 0 Å². The molecule has 1 saturated carbocycles. The van der Waals surface area contributed by atoms with Gasteiger partial charge >= 0.3 is 11.9 Å². The van der Waals surface area contributed by atoms with E-state index in [1.165, 1.54) is 0 Å². The predicted octanol–water partition coefficient (Wildman–Crippen LogP) is 3.51. The van der Waals surface area contributed by atoms with Crippen LogP contribution in [0.2, 0.25) is 0 Å². The maximum atomic E-state index is 13.7. The molecule has 10 heteroatoms. The van der Waals surface area contributed by atoms with Crippen molar-refractivity contribution in [2.45, 2.75) is 70.6 Å². The van der Waals surface area contributed by atoms with Crippen LogP contribution in [0.4, 0.5) is 0 Å². The molecule has 4 aliphatic rings. The third kappa shape index (κ3) is 4.31. The van der Waals surface area contributed by atoms with E-state index in [1.54, 1.807) is 25.4 Å². The lowest BCUT2D eigenvalue weighted by atomic mass is 9.56. The van der Waals surface area contributed by atoms with Crippen LogP contribution in [0.1, 0.15) is 51.0 Å². The van der Waals surface area contributed by atoms with E-state index >= 15 is 0 Å². The number of aromatic nitrogens is 1. The monoisotopic (exact) mass is 556 g/mol. The lowest BCUT2D eigenvalue weighted by Gasteiger charge is -2.49. The second-order valence-electron chi connectivity index (χ2n) is 11.5. The number of aliphatic hydroxyl groups is 1. The molecular weight excluding hydrogens is 516 g/mol. The van der Waals surface area contributed by atoms with Crippen LogP contribution in [0, 0.1) is 35.5 Å². The van der Waals surface area contributed by atoms with Crippen molar-refractivity contribution in [2.75, 3.05) is 13.7 Å². The molecule has 4 bridgehead atoms. The molecule has 1 saturated heterocycles. The number of esters is 2. The van der Waals surface area contributed by atoms with Crippen molar-refractivity contribution in [1.29, 1.82) is 0 Å². The number of oxime groups is 1. The Balaban J connectivity index is 1.62. The zero-order valence-electron chi connectivity index (χ0n) is 23.7. The molecule has 0 unspecified atom stereocenters. The van der Waals surface area contributed by atoms with Crippen LogP contribution in [-0.2, 0) is 23.7 Å². The maximum Gasteiger partial charge on any atom is 0.355 e. The number of nitrogens with one attached hydrogen (secondary N) is 1. The molecule has 1 aromatic rings. The number of carbonyl (C=O) groups is 2. The molecule has 0 aromatic carbocycles. The van der Waals surface area contributed by atoms with Gasteiger partial charge in [0.1, 0.15) is 29.6 Å². The highest BCUT2D eigenvalue weighted by Crippen LogP contribution is 2.62. The van der Waals surface area contributed by atoms with Gasteiger partial charge in [0, 0.05) is 42.9 Å². The first kappa shape index (κ1) is 28.6. The van der Waals surface area contributed by atoms with Crippen molar-refractivity contribution in [3.63, 3.8) is 0 Å². The molecule has 11 atom stereocenters. The van der Waals surface area contributed by atoms with Crippen LogP contribution in [0.15, 0.2) is 47.3 Å². The topological polar surface area (TPSA) is 140 Å². The molecule has 40 heavy (non-hydrogen) atoms. The Morgan fingerprint density at radius 1 is 1.27 bits per heavy atom. The molecule has 2 fully saturated rings. The van der Waals surface area contributed by atoms with Crippen molar-refractivity contribution in [3.8, 4) is 0 Å². The van der Waals surface area contributed by atoms with Crippen molar-refractivity contribution < 1.29 is 38.9 Å². The first-order valence-corrected chi connectivity index (χ1v) is 14.2. The maximum absolute atomic E-state index is 13.7. The lowest BCUT2D eigenvalue weighted by molar-refractivity contribution is -0.159. The Hall–Kier alpha value is -2.95. The summed E-state index contributed by atoms with van der Waals surface area (Å²) in [4.78, 5) is 29.7. The molecule has 5 rings (SSSR count). The summed E-state index contributed by atoms with van der Waals surface area (Å²) in [5.41, 5.74) is 0.533. The van der Waals surface area contributed by atoms with Gasteiger partial charge in [0.2, 0.25) is 0 Å². The van der Waals surface area contributed by atoms with Crippen LogP contribution in [0.3, 0.4) is 0 Å². The van der Waals surface area contributed by atoms with Crippen LogP contribution >= 0.6 is 0 Å². The predicted molar refractivity (Wildman–Crippen MR) is 145 cm³/mol. The van der Waals surface area contributed by atoms with E-state index in [0.717, 1.165) is 5.57 Å². The molecule has 0 radical (unpaired) electrons. The number of hydrogen-bond donors (Lipinski definition) is 3. The van der Waals surface area contributed by atoms with Gasteiger partial charge in [-0.2, -0.15) is 0 Å². The Labute approximate surface area is 234 Å². The lowest BCUT2D eigenvalue weighted by Crippen LogP contribution is -2.59. The Morgan fingerprint density at radius 2 is 2.05 bits per heavy atom. The molecule has 3 N–H and O–H groups in total. The number of methoxy groups -OCH3 is 1. The van der Waals surface area contributed by atoms with E-state index < -0.39 is 65.6 Å². The molecule has 218 valence electrons. The largest absolute Gasteiger partial charge is 0.455 e. The van der Waals surface area contributed by atoms with Gasteiger partial charge in [-0.3, -0.25) is 4.79 Å². The van der Waals surface area contributed by atoms with Crippen molar-refractivity contribution in [3.05, 3.63) is 47.8 Å². The minimum Gasteiger partial charge on any atom is -0.455 e. The average molecular weight is 557 g/mol. The van der Waals surface area contributed by atoms with E-state index in [0.29, 0.717) is 24.2 Å². The standard InChI is InChI=1S/C30H40N2O8/c1-6-17-20-11-10-18-23-24(33)19(14-37-5)26(39-29(35)22-9-8-12-31-22)27(18)40-30(20,23)16(4)13-15(3)25(38-28(17)34)21(7-2)32-36/h8-13,15,17-20,23-27,31,33,36H,6-7,14H2,1-5H3/b16-13+,32-21?/t15-,17-,18-,19-,20-,23+,24-,25+,26-,27-,30+/m1/s1. The third-order valence-electron chi connectivity index (χ3n) is 9.47. The van der Waals surface area contributed by atoms with Crippen molar-refractivity contribution in [2.24, 2.45) is 40.7 Å². The molecule has 3 heterocycles. The highest BCUT2D eigenvalue weighted by molar-refractivity contribution is 5.91. The van der Waals surface area contributed by atoms with Gasteiger partial charge in [-0.05, 0) is 37.5 Å². The Morgan fingerprint density at radius 3 is 2.67 bits per heavy atom. The van der Waals surface area contributed by atoms with E-state index in [4.69, 9.17) is 18.9 Å². The van der Waals surface area contributed by atoms with E-state index in [1.807, 2.05) is 45.9 Å². The van der Waals surface area contributed by atoms with Crippen LogP contribution in [0.5, 0.6) is 0 Å². The van der Waals surface area contributed by atoms with Gasteiger partial charge in [0.15, 0.2) is 0 Å². The zero-order valence-corrected chi connectivity index (χ0v) is 23.7. The highest BCUT2D eigenvalue weighted by atomic mass is 16.6. The van der Waals surface area contributed by atoms with Gasteiger partial charge in [-0.15, -0.1) is 0 Å². The average Bonchev–Trinajstić information content (AvgIpc) is 3.54. The number of H-pyrrole nitrogens is 1. The van der Waals surface area contributed by atoms with E-state index in [-0.39, 0.29) is 18.4 Å². The summed E-state index contributed by atoms with van der Waals surface area (Å²) < 4.78 is 24.6. The number of carbonyl (C=O) groups excluding carboxylic acids is 2. The van der Waals surface area contributed by atoms with Crippen molar-refractivity contribution in [1.82, 2.24) is 4.98 Å². The fourth-order valence-corrected chi connectivity index (χ4v) is 7.70. The quantitative estimate of drug-likeness (QED) is 0.152. The molecule has 0 amide bonds. The third-order valence-corrected chi connectivity index (χ3v) is 9.47. The van der Waals surface area contributed by atoms with Crippen LogP contribution in [0.25, 0.3) is 0 Å². The minimum absolute atomic E-state index is 0.171. The van der Waals surface area contributed by atoms with E-state index in [9.17, 15) is 19.9 Å². The number of ether oxygens (including phenoxy) is 4. The fraction of sp³-hybridized carbons (Fsp3) is 0.633. The highest BCUT2D eigenvalue weighted by Gasteiger charge is 2.70. The fourth-order valence-electron chi connectivity index (χ4n) is 7.70. The van der Waals surface area contributed by atoms with Gasteiger partial charge < -0.3 is 34.2 Å². The number of cyclic esters (lactones) is 1.